The Morgan fingerprint density at radius 3 is 2.87 bits per heavy atom. The maximum absolute atomic E-state index is 13.4. The van der Waals surface area contributed by atoms with Crippen LogP contribution in [0.1, 0.15) is 5.56 Å². The largest absolute Gasteiger partial charge is 0.384 e. The average Bonchev–Trinajstić information content (AvgIpc) is 2.58. The lowest BCUT2D eigenvalue weighted by atomic mass is 10.2. The number of rotatable bonds is 2. The second-order valence-electron chi connectivity index (χ2n) is 3.15. The predicted octanol–water partition coefficient (Wildman–Crippen LogP) is 2.31. The van der Waals surface area contributed by atoms with Crippen molar-refractivity contribution in [2.24, 2.45) is 0 Å². The smallest absolute Gasteiger partial charge is 0.128 e. The highest BCUT2D eigenvalue weighted by Gasteiger charge is 2.05. The highest BCUT2D eigenvalue weighted by molar-refractivity contribution is 6.30. The lowest BCUT2D eigenvalue weighted by Gasteiger charge is -2.05. The number of benzene rings is 1. The van der Waals surface area contributed by atoms with E-state index in [0.717, 1.165) is 0 Å². The third-order valence-electron chi connectivity index (χ3n) is 2.08. The Kier molecular flexibility index (Phi) is 2.60. The minimum Gasteiger partial charge on any atom is -0.384 e. The first-order valence-corrected chi connectivity index (χ1v) is 4.76. The van der Waals surface area contributed by atoms with Crippen molar-refractivity contribution in [3.8, 4) is 0 Å². The van der Waals surface area contributed by atoms with E-state index in [0.29, 0.717) is 16.4 Å². The molecule has 0 bridgehead atoms. The summed E-state index contributed by atoms with van der Waals surface area (Å²) in [5.41, 5.74) is 6.09. The van der Waals surface area contributed by atoms with Gasteiger partial charge in [0, 0.05) is 10.6 Å². The zero-order valence-corrected chi connectivity index (χ0v) is 8.58. The third-order valence-corrected chi connectivity index (χ3v) is 2.31. The standard InChI is InChI=1S/C10H9ClFN3/c11-8-1-2-9(12)7(5-8)6-15-10(13)3-4-14-15/h1-5H,6,13H2. The van der Waals surface area contributed by atoms with Gasteiger partial charge in [-0.25, -0.2) is 9.07 Å². The van der Waals surface area contributed by atoms with Crippen LogP contribution in [-0.2, 0) is 6.54 Å². The summed E-state index contributed by atoms with van der Waals surface area (Å²) < 4.78 is 14.9. The van der Waals surface area contributed by atoms with Crippen molar-refractivity contribution in [2.45, 2.75) is 6.54 Å². The molecule has 1 aromatic heterocycles. The lowest BCUT2D eigenvalue weighted by Crippen LogP contribution is -2.07. The molecule has 78 valence electrons. The number of hydrogen-bond acceptors (Lipinski definition) is 2. The molecule has 0 amide bonds. The molecule has 2 rings (SSSR count). The molecule has 2 N–H and O–H groups in total. The average molecular weight is 226 g/mol. The second-order valence-corrected chi connectivity index (χ2v) is 3.59. The normalized spacial score (nSPS) is 10.5. The van der Waals surface area contributed by atoms with Crippen molar-refractivity contribution in [1.29, 1.82) is 0 Å². The number of nitrogens with zero attached hydrogens (tertiary/aromatic N) is 2. The SMILES string of the molecule is Nc1ccnn1Cc1cc(Cl)ccc1F. The Bertz CT molecular complexity index is 481. The van der Waals surface area contributed by atoms with Crippen LogP contribution in [0.5, 0.6) is 0 Å². The summed E-state index contributed by atoms with van der Waals surface area (Å²) in [6, 6.07) is 6.06. The highest BCUT2D eigenvalue weighted by Crippen LogP contribution is 2.16. The quantitative estimate of drug-likeness (QED) is 0.853. The van der Waals surface area contributed by atoms with Crippen molar-refractivity contribution in [3.05, 3.63) is 46.9 Å². The zero-order valence-electron chi connectivity index (χ0n) is 7.82. The Hall–Kier alpha value is -1.55. The maximum Gasteiger partial charge on any atom is 0.128 e. The van der Waals surface area contributed by atoms with Gasteiger partial charge in [-0.05, 0) is 24.3 Å². The molecule has 5 heteroatoms. The van der Waals surface area contributed by atoms with Crippen LogP contribution in [-0.4, -0.2) is 9.78 Å². The van der Waals surface area contributed by atoms with E-state index in [9.17, 15) is 4.39 Å². The Morgan fingerprint density at radius 2 is 2.20 bits per heavy atom. The lowest BCUT2D eigenvalue weighted by molar-refractivity contribution is 0.587. The van der Waals surface area contributed by atoms with E-state index >= 15 is 0 Å². The van der Waals surface area contributed by atoms with E-state index in [2.05, 4.69) is 5.10 Å². The van der Waals surface area contributed by atoms with Crippen molar-refractivity contribution in [3.63, 3.8) is 0 Å². The first-order valence-electron chi connectivity index (χ1n) is 4.38. The van der Waals surface area contributed by atoms with E-state index in [-0.39, 0.29) is 12.4 Å². The molecule has 0 aliphatic heterocycles. The van der Waals surface area contributed by atoms with Crippen LogP contribution in [0.15, 0.2) is 30.5 Å². The Balaban J connectivity index is 2.32. The first-order chi connectivity index (χ1) is 7.16. The molecular formula is C10H9ClFN3. The van der Waals surface area contributed by atoms with Crippen molar-refractivity contribution in [2.75, 3.05) is 5.73 Å². The molecule has 0 aliphatic carbocycles. The summed E-state index contributed by atoms with van der Waals surface area (Å²) in [4.78, 5) is 0. The van der Waals surface area contributed by atoms with Gasteiger partial charge >= 0.3 is 0 Å². The van der Waals surface area contributed by atoms with E-state index in [1.165, 1.54) is 16.8 Å². The molecule has 1 heterocycles. The van der Waals surface area contributed by atoms with Gasteiger partial charge in [-0.2, -0.15) is 5.10 Å². The van der Waals surface area contributed by atoms with Gasteiger partial charge in [-0.1, -0.05) is 11.6 Å². The maximum atomic E-state index is 13.4. The van der Waals surface area contributed by atoms with Crippen molar-refractivity contribution >= 4 is 17.4 Å². The van der Waals surface area contributed by atoms with Crippen molar-refractivity contribution in [1.82, 2.24) is 9.78 Å². The molecule has 0 aliphatic rings. The minimum atomic E-state index is -0.311. The van der Waals surface area contributed by atoms with Gasteiger partial charge in [-0.3, -0.25) is 0 Å². The van der Waals surface area contributed by atoms with Crippen LogP contribution in [0.4, 0.5) is 10.2 Å². The van der Waals surface area contributed by atoms with Gasteiger partial charge < -0.3 is 5.73 Å². The molecule has 0 radical (unpaired) electrons. The number of anilines is 1. The summed E-state index contributed by atoms with van der Waals surface area (Å²) in [5, 5.41) is 4.46. The molecular weight excluding hydrogens is 217 g/mol. The Labute approximate surface area is 91.3 Å². The molecule has 0 saturated carbocycles. The number of aromatic nitrogens is 2. The predicted molar refractivity (Wildman–Crippen MR) is 57.2 cm³/mol. The molecule has 0 saturated heterocycles. The van der Waals surface area contributed by atoms with Crippen LogP contribution in [0.3, 0.4) is 0 Å². The highest BCUT2D eigenvalue weighted by atomic mass is 35.5. The molecule has 2 aromatic rings. The number of nitrogen functional groups attached to an aromatic ring is 1. The third kappa shape index (κ3) is 2.10. The van der Waals surface area contributed by atoms with Gasteiger partial charge in [0.25, 0.3) is 0 Å². The van der Waals surface area contributed by atoms with Crippen LogP contribution in [0.25, 0.3) is 0 Å². The summed E-state index contributed by atoms with van der Waals surface area (Å²) in [6.45, 7) is 0.283. The number of nitrogens with two attached hydrogens (primary N) is 1. The molecule has 1 aromatic carbocycles. The van der Waals surface area contributed by atoms with Gasteiger partial charge in [0.2, 0.25) is 0 Å². The Morgan fingerprint density at radius 1 is 1.40 bits per heavy atom. The van der Waals surface area contributed by atoms with Crippen LogP contribution in [0.2, 0.25) is 5.02 Å². The molecule has 0 unspecified atom stereocenters. The summed E-state index contributed by atoms with van der Waals surface area (Å²) in [7, 11) is 0. The summed E-state index contributed by atoms with van der Waals surface area (Å²) in [6.07, 6.45) is 1.57. The molecule has 0 fully saturated rings. The van der Waals surface area contributed by atoms with Crippen LogP contribution in [0, 0.1) is 5.82 Å². The summed E-state index contributed by atoms with van der Waals surface area (Å²) in [5.74, 6) is 0.184. The molecule has 3 nitrogen and oxygen atoms in total. The molecule has 0 spiro atoms. The molecule has 15 heavy (non-hydrogen) atoms. The first kappa shape index (κ1) is 9.98. The van der Waals surface area contributed by atoms with E-state index in [1.807, 2.05) is 0 Å². The fourth-order valence-electron chi connectivity index (χ4n) is 1.30. The van der Waals surface area contributed by atoms with Gasteiger partial charge in [0.15, 0.2) is 0 Å². The van der Waals surface area contributed by atoms with Gasteiger partial charge in [0.1, 0.15) is 11.6 Å². The van der Waals surface area contributed by atoms with Crippen LogP contribution >= 0.6 is 11.6 Å². The van der Waals surface area contributed by atoms with E-state index in [4.69, 9.17) is 17.3 Å². The van der Waals surface area contributed by atoms with Gasteiger partial charge in [-0.15, -0.1) is 0 Å². The molecule has 0 atom stereocenters. The fraction of sp³-hybridized carbons (Fsp3) is 0.100. The van der Waals surface area contributed by atoms with E-state index < -0.39 is 0 Å². The zero-order chi connectivity index (χ0) is 10.8. The number of halogens is 2. The second kappa shape index (κ2) is 3.90. The topological polar surface area (TPSA) is 43.8 Å². The van der Waals surface area contributed by atoms with Crippen molar-refractivity contribution < 1.29 is 4.39 Å². The van der Waals surface area contributed by atoms with Crippen LogP contribution < -0.4 is 5.73 Å². The fourth-order valence-corrected chi connectivity index (χ4v) is 1.50. The monoisotopic (exact) mass is 225 g/mol. The van der Waals surface area contributed by atoms with E-state index in [1.54, 1.807) is 18.3 Å². The summed E-state index contributed by atoms with van der Waals surface area (Å²) >= 11 is 5.77. The van der Waals surface area contributed by atoms with Gasteiger partial charge in [0.05, 0.1) is 12.7 Å². The minimum absolute atomic E-state index is 0.283. The number of hydrogen-bond donors (Lipinski definition) is 1.